The van der Waals surface area contributed by atoms with Crippen molar-refractivity contribution in [3.63, 3.8) is 0 Å². The zero-order valence-corrected chi connectivity index (χ0v) is 23.4. The van der Waals surface area contributed by atoms with Crippen molar-refractivity contribution in [3.8, 4) is 5.82 Å². The summed E-state index contributed by atoms with van der Waals surface area (Å²) in [6, 6.07) is 4.04. The van der Waals surface area contributed by atoms with Crippen molar-refractivity contribution in [2.45, 2.75) is 58.2 Å². The lowest BCUT2D eigenvalue weighted by Gasteiger charge is -2.36. The van der Waals surface area contributed by atoms with Crippen LogP contribution in [0.5, 0.6) is 0 Å². The first-order valence-corrected chi connectivity index (χ1v) is 13.6. The molecule has 1 N–H and O–H groups in total. The highest BCUT2D eigenvalue weighted by atomic mass is 19.4. The molecule has 2 aliphatic rings. The molecule has 1 unspecified atom stereocenters. The van der Waals surface area contributed by atoms with Gasteiger partial charge in [-0.15, -0.1) is 0 Å². The number of hydrogen-bond donors (Lipinski definition) is 1. The summed E-state index contributed by atoms with van der Waals surface area (Å²) < 4.78 is 72.8. The van der Waals surface area contributed by atoms with Crippen LogP contribution in [0.25, 0.3) is 11.4 Å². The second-order valence-corrected chi connectivity index (χ2v) is 10.6. The van der Waals surface area contributed by atoms with E-state index in [1.807, 2.05) is 13.0 Å². The summed E-state index contributed by atoms with van der Waals surface area (Å²) in [4.78, 5) is 24.1. The second-order valence-electron chi connectivity index (χ2n) is 10.6. The maximum Gasteiger partial charge on any atom is 0.458 e. The number of aryl methyl sites for hydroxylation is 2. The van der Waals surface area contributed by atoms with Gasteiger partial charge in [0.15, 0.2) is 5.82 Å². The molecule has 0 radical (unpaired) electrons. The lowest BCUT2D eigenvalue weighted by atomic mass is 9.90. The Morgan fingerprint density at radius 1 is 1.07 bits per heavy atom. The molecule has 42 heavy (non-hydrogen) atoms. The molecule has 3 aromatic rings. The number of aromatic nitrogens is 4. The smallest absolute Gasteiger partial charge is 0.379 e. The van der Waals surface area contributed by atoms with Crippen molar-refractivity contribution in [2.75, 3.05) is 31.6 Å². The molecule has 1 aliphatic heterocycles. The minimum atomic E-state index is -5.75. The van der Waals surface area contributed by atoms with E-state index in [1.165, 1.54) is 16.5 Å². The fourth-order valence-electron chi connectivity index (χ4n) is 5.50. The van der Waals surface area contributed by atoms with Crippen molar-refractivity contribution >= 4 is 17.2 Å². The second kappa shape index (κ2) is 11.5. The first-order chi connectivity index (χ1) is 19.9. The lowest BCUT2D eigenvalue weighted by molar-refractivity contribution is -0.289. The van der Waals surface area contributed by atoms with E-state index in [1.54, 1.807) is 13.1 Å². The average Bonchev–Trinajstić information content (AvgIpc) is 3.34. The van der Waals surface area contributed by atoms with Crippen LogP contribution in [-0.4, -0.2) is 69.1 Å². The van der Waals surface area contributed by atoms with E-state index in [0.717, 1.165) is 69.8 Å². The lowest BCUT2D eigenvalue weighted by Crippen LogP contribution is -2.43. The van der Waals surface area contributed by atoms with Gasteiger partial charge >= 0.3 is 12.1 Å². The molecule has 1 fully saturated rings. The number of amides is 1. The SMILES string of the molecule is Cc1cc(NC(=O)c2cnn(-c3ccc(C(F)(F)C(F)(F)F)c(C)n3)c2C)cnc1C1=CCC(N2CCOCC2)CC1. The third kappa shape index (κ3) is 5.80. The number of nitrogens with zero attached hydrogens (tertiary/aromatic N) is 5. The van der Waals surface area contributed by atoms with E-state index < -0.39 is 29.3 Å². The Kier molecular flexibility index (Phi) is 8.17. The molecular weight excluding hydrogens is 559 g/mol. The Morgan fingerprint density at radius 3 is 2.43 bits per heavy atom. The van der Waals surface area contributed by atoms with E-state index in [0.29, 0.717) is 23.5 Å². The highest BCUT2D eigenvalue weighted by molar-refractivity contribution is 6.05. The van der Waals surface area contributed by atoms with Crippen LogP contribution in [0.1, 0.15) is 57.8 Å². The quantitative estimate of drug-likeness (QED) is 0.368. The van der Waals surface area contributed by atoms with Crippen molar-refractivity contribution in [2.24, 2.45) is 0 Å². The van der Waals surface area contributed by atoms with Gasteiger partial charge in [-0.05, 0) is 69.4 Å². The number of nitrogens with one attached hydrogen (secondary N) is 1. The molecule has 13 heteroatoms. The van der Waals surface area contributed by atoms with Gasteiger partial charge < -0.3 is 10.1 Å². The zero-order chi connectivity index (χ0) is 30.2. The molecule has 3 aromatic heterocycles. The average molecular weight is 591 g/mol. The summed E-state index contributed by atoms with van der Waals surface area (Å²) in [5.41, 5.74) is 2.28. The number of ether oxygens (including phenoxy) is 1. The highest BCUT2D eigenvalue weighted by Crippen LogP contribution is 2.44. The molecule has 1 saturated heterocycles. The van der Waals surface area contributed by atoms with Crippen LogP contribution in [0.15, 0.2) is 36.7 Å². The van der Waals surface area contributed by atoms with E-state index in [9.17, 15) is 26.7 Å². The Morgan fingerprint density at radius 2 is 1.81 bits per heavy atom. The van der Waals surface area contributed by atoms with Crippen LogP contribution < -0.4 is 5.32 Å². The molecular formula is C29H31F5N6O2. The number of carbonyl (C=O) groups excluding carboxylic acids is 1. The van der Waals surface area contributed by atoms with Crippen molar-refractivity contribution in [3.05, 3.63) is 70.4 Å². The van der Waals surface area contributed by atoms with E-state index in [-0.39, 0.29) is 11.4 Å². The Labute approximate surface area is 239 Å². The number of allylic oxidation sites excluding steroid dienone is 1. The molecule has 0 saturated carbocycles. The van der Waals surface area contributed by atoms with Gasteiger partial charge in [-0.2, -0.15) is 27.1 Å². The first kappa shape index (κ1) is 29.8. The van der Waals surface area contributed by atoms with Crippen LogP contribution in [0.2, 0.25) is 0 Å². The van der Waals surface area contributed by atoms with Crippen LogP contribution in [0.4, 0.5) is 27.6 Å². The standard InChI is InChI=1S/C29H31F5N6O2/c1-17-14-21(15-35-26(17)20-4-6-22(7-5-20)39-10-12-42-13-11-39)38-27(41)23-16-36-40(19(23)3)25-9-8-24(18(2)37-25)28(30,31)29(32,33)34/h4,8-9,14-16,22H,5-7,10-13H2,1-3H3,(H,38,41). The minimum absolute atomic E-state index is 0.00394. The van der Waals surface area contributed by atoms with Crippen LogP contribution in [-0.2, 0) is 10.7 Å². The normalized spacial score (nSPS) is 18.6. The summed E-state index contributed by atoms with van der Waals surface area (Å²) in [6.45, 7) is 8.05. The number of alkyl halides is 5. The largest absolute Gasteiger partial charge is 0.458 e. The molecule has 1 atom stereocenters. The molecule has 8 nitrogen and oxygen atoms in total. The van der Waals surface area contributed by atoms with Crippen LogP contribution in [0, 0.1) is 20.8 Å². The summed E-state index contributed by atoms with van der Waals surface area (Å²) in [5.74, 6) is -5.52. The zero-order valence-electron chi connectivity index (χ0n) is 23.4. The molecule has 0 bridgehead atoms. The monoisotopic (exact) mass is 590 g/mol. The number of morpholine rings is 1. The Balaban J connectivity index is 1.27. The predicted molar refractivity (Wildman–Crippen MR) is 146 cm³/mol. The molecule has 224 valence electrons. The van der Waals surface area contributed by atoms with E-state index in [2.05, 4.69) is 31.4 Å². The molecule has 0 aromatic carbocycles. The number of carbonyl (C=O) groups is 1. The first-order valence-electron chi connectivity index (χ1n) is 13.6. The number of pyridine rings is 2. The van der Waals surface area contributed by atoms with Gasteiger partial charge in [0.05, 0.1) is 53.8 Å². The Hall–Kier alpha value is -3.71. The molecule has 5 rings (SSSR count). The minimum Gasteiger partial charge on any atom is -0.379 e. The van der Waals surface area contributed by atoms with Gasteiger partial charge in [0.1, 0.15) is 0 Å². The Bertz CT molecular complexity index is 1510. The fourth-order valence-corrected chi connectivity index (χ4v) is 5.50. The van der Waals surface area contributed by atoms with Crippen LogP contribution in [0.3, 0.4) is 0 Å². The van der Waals surface area contributed by atoms with Gasteiger partial charge in [0, 0.05) is 24.8 Å². The molecule has 1 amide bonds. The van der Waals surface area contributed by atoms with E-state index >= 15 is 0 Å². The fraction of sp³-hybridized carbons (Fsp3) is 0.448. The van der Waals surface area contributed by atoms with Gasteiger partial charge in [-0.1, -0.05) is 6.08 Å². The molecule has 0 spiro atoms. The topological polar surface area (TPSA) is 85.2 Å². The van der Waals surface area contributed by atoms with Crippen molar-refractivity contribution < 1.29 is 31.5 Å². The summed E-state index contributed by atoms with van der Waals surface area (Å²) in [5, 5.41) is 6.92. The number of rotatable bonds is 6. The maximum atomic E-state index is 13.8. The molecule has 1 aliphatic carbocycles. The van der Waals surface area contributed by atoms with Gasteiger partial charge in [-0.3, -0.25) is 14.7 Å². The summed E-state index contributed by atoms with van der Waals surface area (Å²) in [7, 11) is 0. The van der Waals surface area contributed by atoms with Gasteiger partial charge in [0.25, 0.3) is 5.91 Å². The van der Waals surface area contributed by atoms with E-state index in [4.69, 9.17) is 4.74 Å². The van der Waals surface area contributed by atoms with Crippen LogP contribution >= 0.6 is 0 Å². The number of halogens is 5. The summed E-state index contributed by atoms with van der Waals surface area (Å²) in [6.07, 6.45) is 2.31. The maximum absolute atomic E-state index is 13.8. The third-order valence-corrected chi connectivity index (χ3v) is 7.82. The van der Waals surface area contributed by atoms with Crippen molar-refractivity contribution in [1.82, 2.24) is 24.6 Å². The third-order valence-electron chi connectivity index (χ3n) is 7.82. The summed E-state index contributed by atoms with van der Waals surface area (Å²) >= 11 is 0. The van der Waals surface area contributed by atoms with Crippen molar-refractivity contribution in [1.29, 1.82) is 0 Å². The molecule has 4 heterocycles. The number of hydrogen-bond acceptors (Lipinski definition) is 6. The van der Waals surface area contributed by atoms with Gasteiger partial charge in [-0.25, -0.2) is 9.67 Å². The predicted octanol–water partition coefficient (Wildman–Crippen LogP) is 5.76. The number of anilines is 1. The van der Waals surface area contributed by atoms with Gasteiger partial charge in [0.2, 0.25) is 0 Å². The highest BCUT2D eigenvalue weighted by Gasteiger charge is 2.59.